The minimum Gasteiger partial charge on any atom is -0.465 e. The topological polar surface area (TPSA) is 86.0 Å². The highest BCUT2D eigenvalue weighted by Crippen LogP contribution is 2.39. The molecule has 2 atom stereocenters. The van der Waals surface area contributed by atoms with Crippen molar-refractivity contribution in [3.8, 4) is 0 Å². The summed E-state index contributed by atoms with van der Waals surface area (Å²) in [7, 11) is 1.29. The van der Waals surface area contributed by atoms with Crippen molar-refractivity contribution in [2.24, 2.45) is 0 Å². The maximum absolute atomic E-state index is 13.8. The van der Waals surface area contributed by atoms with E-state index in [1.54, 1.807) is 29.2 Å². The van der Waals surface area contributed by atoms with Crippen LogP contribution in [-0.4, -0.2) is 43.1 Å². The Kier molecular flexibility index (Phi) is 5.01. The van der Waals surface area contributed by atoms with Gasteiger partial charge >= 0.3 is 5.97 Å². The third-order valence-electron chi connectivity index (χ3n) is 6.00. The molecule has 3 aromatic rings. The van der Waals surface area contributed by atoms with Crippen molar-refractivity contribution >= 4 is 22.8 Å². The lowest BCUT2D eigenvalue weighted by atomic mass is 9.97. The van der Waals surface area contributed by atoms with Crippen LogP contribution >= 0.6 is 0 Å². The molecule has 3 heterocycles. The molecule has 0 saturated carbocycles. The van der Waals surface area contributed by atoms with Crippen molar-refractivity contribution in [3.05, 3.63) is 81.0 Å². The van der Waals surface area contributed by atoms with E-state index >= 15 is 0 Å². The Morgan fingerprint density at radius 2 is 1.97 bits per heavy atom. The molecular weight excluding hydrogens is 417 g/mol. The van der Waals surface area contributed by atoms with Crippen molar-refractivity contribution < 1.29 is 27.9 Å². The molecule has 1 saturated heterocycles. The highest BCUT2D eigenvalue weighted by molar-refractivity contribution is 5.99. The zero-order valence-corrected chi connectivity index (χ0v) is 17.3. The molecule has 8 heteroatoms. The number of amides is 1. The predicted molar refractivity (Wildman–Crippen MR) is 112 cm³/mol. The fourth-order valence-electron chi connectivity index (χ4n) is 4.45. The summed E-state index contributed by atoms with van der Waals surface area (Å²) in [5.41, 5.74) is 0.843. The number of hydrogen-bond donors (Lipinski definition) is 0. The monoisotopic (exact) mass is 437 g/mol. The van der Waals surface area contributed by atoms with Crippen molar-refractivity contribution in [2.45, 2.75) is 25.0 Å². The van der Waals surface area contributed by atoms with Gasteiger partial charge in [-0.3, -0.25) is 9.59 Å². The molecule has 5 rings (SSSR count). The molecule has 164 valence electrons. The molecule has 0 N–H and O–H groups in total. The average Bonchev–Trinajstić information content (AvgIpc) is 3.41. The Morgan fingerprint density at radius 3 is 2.66 bits per heavy atom. The minimum absolute atomic E-state index is 0.0471. The van der Waals surface area contributed by atoms with Gasteiger partial charge in [-0.05, 0) is 48.7 Å². The van der Waals surface area contributed by atoms with Crippen LogP contribution in [0.1, 0.15) is 50.9 Å². The van der Waals surface area contributed by atoms with Crippen LogP contribution in [0, 0.1) is 5.82 Å². The average molecular weight is 437 g/mol. The maximum atomic E-state index is 13.8. The van der Waals surface area contributed by atoms with Gasteiger partial charge in [0.25, 0.3) is 5.91 Å². The number of rotatable bonds is 4. The molecule has 0 aliphatic carbocycles. The molecule has 2 unspecified atom stereocenters. The van der Waals surface area contributed by atoms with Crippen LogP contribution in [0.5, 0.6) is 0 Å². The lowest BCUT2D eigenvalue weighted by molar-refractivity contribution is 0.0486. The Labute approximate surface area is 182 Å². The zero-order valence-electron chi connectivity index (χ0n) is 17.3. The lowest BCUT2D eigenvalue weighted by Gasteiger charge is -2.27. The number of nitrogens with zero attached hydrogens (tertiary/aromatic N) is 1. The number of esters is 1. The van der Waals surface area contributed by atoms with E-state index in [4.69, 9.17) is 13.9 Å². The lowest BCUT2D eigenvalue weighted by Crippen LogP contribution is -2.36. The summed E-state index contributed by atoms with van der Waals surface area (Å²) in [6.07, 6.45) is 1.56. The first-order valence-electron chi connectivity index (χ1n) is 10.3. The first-order chi connectivity index (χ1) is 15.5. The van der Waals surface area contributed by atoms with Crippen LogP contribution in [0.15, 0.2) is 51.7 Å². The highest BCUT2D eigenvalue weighted by Gasteiger charge is 2.44. The normalized spacial score (nSPS) is 20.1. The van der Waals surface area contributed by atoms with Crippen LogP contribution < -0.4 is 5.43 Å². The van der Waals surface area contributed by atoms with Gasteiger partial charge in [0, 0.05) is 13.2 Å². The Hall–Kier alpha value is -3.52. The van der Waals surface area contributed by atoms with E-state index in [-0.39, 0.29) is 34.9 Å². The molecule has 2 aliphatic heterocycles. The largest absolute Gasteiger partial charge is 0.465 e. The molecule has 32 heavy (non-hydrogen) atoms. The molecule has 0 radical (unpaired) electrons. The van der Waals surface area contributed by atoms with Gasteiger partial charge in [0.2, 0.25) is 5.76 Å². The van der Waals surface area contributed by atoms with Gasteiger partial charge in [0.1, 0.15) is 11.4 Å². The number of carbonyl (C=O) groups is 2. The molecule has 2 aromatic carbocycles. The van der Waals surface area contributed by atoms with E-state index in [1.165, 1.54) is 19.2 Å². The van der Waals surface area contributed by atoms with E-state index in [9.17, 15) is 18.8 Å². The molecule has 7 nitrogen and oxygen atoms in total. The number of carbonyl (C=O) groups excluding carboxylic acids is 2. The maximum Gasteiger partial charge on any atom is 0.337 e. The second-order valence-electron chi connectivity index (χ2n) is 7.92. The number of methoxy groups -OCH3 is 1. The summed E-state index contributed by atoms with van der Waals surface area (Å²) in [5.74, 6) is -1.52. The van der Waals surface area contributed by atoms with Gasteiger partial charge in [0.15, 0.2) is 5.43 Å². The van der Waals surface area contributed by atoms with Crippen molar-refractivity contribution in [2.75, 3.05) is 20.3 Å². The number of benzene rings is 2. The van der Waals surface area contributed by atoms with E-state index in [0.717, 1.165) is 18.9 Å². The Balaban J connectivity index is 1.66. The first-order valence-corrected chi connectivity index (χ1v) is 10.3. The standard InChI is InChI=1S/C24H20FNO6/c1-30-24(29)14-6-4-13(5-7-14)20-19-21(27)17-11-15(25)8-9-18(17)32-22(19)23(28)26(20)12-16-3-2-10-31-16/h4-9,11,16,20H,2-3,10,12H2,1H3. The summed E-state index contributed by atoms with van der Waals surface area (Å²) in [6, 6.07) is 9.43. The van der Waals surface area contributed by atoms with Crippen LogP contribution in [0.3, 0.4) is 0 Å². The molecule has 2 aliphatic rings. The van der Waals surface area contributed by atoms with Crippen molar-refractivity contribution in [1.82, 2.24) is 4.90 Å². The van der Waals surface area contributed by atoms with Crippen LogP contribution in [-0.2, 0) is 9.47 Å². The van der Waals surface area contributed by atoms with Crippen LogP contribution in [0.25, 0.3) is 11.0 Å². The van der Waals surface area contributed by atoms with E-state index in [0.29, 0.717) is 17.7 Å². The molecule has 1 fully saturated rings. The Bertz CT molecular complexity index is 1280. The van der Waals surface area contributed by atoms with Gasteiger partial charge in [-0.2, -0.15) is 0 Å². The van der Waals surface area contributed by atoms with Gasteiger partial charge in [0.05, 0.1) is 35.8 Å². The molecule has 0 spiro atoms. The smallest absolute Gasteiger partial charge is 0.337 e. The summed E-state index contributed by atoms with van der Waals surface area (Å²) in [4.78, 5) is 40.1. The van der Waals surface area contributed by atoms with Crippen molar-refractivity contribution in [1.29, 1.82) is 0 Å². The fourth-order valence-corrected chi connectivity index (χ4v) is 4.45. The quantitative estimate of drug-likeness (QED) is 0.582. The molecule has 1 amide bonds. The summed E-state index contributed by atoms with van der Waals surface area (Å²) in [5, 5.41) is 0.0756. The summed E-state index contributed by atoms with van der Waals surface area (Å²) >= 11 is 0. The Morgan fingerprint density at radius 1 is 1.19 bits per heavy atom. The summed E-state index contributed by atoms with van der Waals surface area (Å²) in [6.45, 7) is 0.912. The third kappa shape index (κ3) is 3.27. The molecule has 1 aromatic heterocycles. The predicted octanol–water partition coefficient (Wildman–Crippen LogP) is 3.44. The van der Waals surface area contributed by atoms with Crippen molar-refractivity contribution in [3.63, 3.8) is 0 Å². The first kappa shape index (κ1) is 20.4. The van der Waals surface area contributed by atoms with Gasteiger partial charge < -0.3 is 18.8 Å². The van der Waals surface area contributed by atoms with E-state index in [2.05, 4.69) is 0 Å². The number of ether oxygens (including phenoxy) is 2. The summed E-state index contributed by atoms with van der Waals surface area (Å²) < 4.78 is 30.1. The van der Waals surface area contributed by atoms with Gasteiger partial charge in [-0.1, -0.05) is 12.1 Å². The molecular formula is C24H20FNO6. The zero-order chi connectivity index (χ0) is 22.4. The van der Waals surface area contributed by atoms with E-state index in [1.807, 2.05) is 0 Å². The third-order valence-corrected chi connectivity index (χ3v) is 6.00. The SMILES string of the molecule is COC(=O)c1ccc(C2c3c(oc4ccc(F)cc4c3=O)C(=O)N2CC2CCCO2)cc1. The fraction of sp³-hybridized carbons (Fsp3) is 0.292. The van der Waals surface area contributed by atoms with E-state index < -0.39 is 29.2 Å². The second-order valence-corrected chi connectivity index (χ2v) is 7.92. The molecule has 0 bridgehead atoms. The highest BCUT2D eigenvalue weighted by atomic mass is 19.1. The second kappa shape index (κ2) is 7.87. The number of fused-ring (bicyclic) bond motifs is 2. The van der Waals surface area contributed by atoms with Gasteiger partial charge in [-0.15, -0.1) is 0 Å². The van der Waals surface area contributed by atoms with Gasteiger partial charge in [-0.25, -0.2) is 9.18 Å². The number of halogens is 1. The van der Waals surface area contributed by atoms with Crippen LogP contribution in [0.4, 0.5) is 4.39 Å². The number of hydrogen-bond acceptors (Lipinski definition) is 6. The minimum atomic E-state index is -0.739. The van der Waals surface area contributed by atoms with Crippen LogP contribution in [0.2, 0.25) is 0 Å².